The number of amides is 2. The lowest BCUT2D eigenvalue weighted by Crippen LogP contribution is -2.39. The number of nitrogens with one attached hydrogen (secondary N) is 3. The molecule has 2 aliphatic rings. The maximum absolute atomic E-state index is 13.2. The number of methoxy groups -OCH3 is 1. The fourth-order valence-corrected chi connectivity index (χ4v) is 4.55. The largest absolute Gasteiger partial charge is 0.495 e. The molecule has 174 valence electrons. The van der Waals surface area contributed by atoms with E-state index in [9.17, 15) is 14.4 Å². The summed E-state index contributed by atoms with van der Waals surface area (Å²) in [4.78, 5) is 48.1. The predicted octanol–water partition coefficient (Wildman–Crippen LogP) is 2.71. The lowest BCUT2D eigenvalue weighted by Gasteiger charge is -2.30. The minimum Gasteiger partial charge on any atom is -0.495 e. The monoisotopic (exact) mass is 459 g/mol. The number of aryl methyl sites for hydroxylation is 1. The molecule has 0 fully saturated rings. The second-order valence-electron chi connectivity index (χ2n) is 8.59. The van der Waals surface area contributed by atoms with Crippen LogP contribution in [0, 0.1) is 6.92 Å². The average molecular weight is 460 g/mol. The van der Waals surface area contributed by atoms with Crippen LogP contribution in [-0.2, 0) is 22.6 Å². The molecule has 9 nitrogen and oxygen atoms in total. The van der Waals surface area contributed by atoms with E-state index in [0.29, 0.717) is 30.5 Å². The number of nitrogens with zero attached hydrogens (tertiary/aromatic N) is 2. The number of carbonyl (C=O) groups is 2. The van der Waals surface area contributed by atoms with Gasteiger partial charge in [0.1, 0.15) is 11.6 Å². The molecule has 3 heterocycles. The van der Waals surface area contributed by atoms with Gasteiger partial charge in [-0.3, -0.25) is 19.4 Å². The van der Waals surface area contributed by atoms with Gasteiger partial charge in [0.05, 0.1) is 24.3 Å². The third-order valence-corrected chi connectivity index (χ3v) is 6.30. The van der Waals surface area contributed by atoms with E-state index < -0.39 is 17.4 Å². The number of rotatable bonds is 4. The van der Waals surface area contributed by atoms with Crippen LogP contribution >= 0.6 is 0 Å². The summed E-state index contributed by atoms with van der Waals surface area (Å²) in [6, 6.07) is 13.6. The highest BCUT2D eigenvalue weighted by Crippen LogP contribution is 2.33. The molecule has 2 aliphatic heterocycles. The standard InChI is InChI=1S/C25H25N5O4/c1-14-7-8-19(34-2)18(11-14)26-23(32)17-12-20(31)27-22-21(17)24(33)29-25(28-22)30-10-9-15-5-3-4-6-16(15)13-30/h3-8,11,17H,9-10,12-13H2,1-2H3,(H,26,32)(H2,27,28,29,31,33)/t17-/m1/s1. The molecule has 1 aromatic heterocycles. The first-order valence-corrected chi connectivity index (χ1v) is 11.1. The summed E-state index contributed by atoms with van der Waals surface area (Å²) in [6.45, 7) is 3.18. The molecule has 3 N–H and O–H groups in total. The quantitative estimate of drug-likeness (QED) is 0.552. The van der Waals surface area contributed by atoms with Crippen LogP contribution in [0.4, 0.5) is 17.5 Å². The van der Waals surface area contributed by atoms with Gasteiger partial charge in [-0.2, -0.15) is 4.98 Å². The van der Waals surface area contributed by atoms with E-state index in [2.05, 4.69) is 32.7 Å². The van der Waals surface area contributed by atoms with Crippen LogP contribution in [0.15, 0.2) is 47.3 Å². The van der Waals surface area contributed by atoms with E-state index in [0.717, 1.165) is 12.0 Å². The number of carbonyl (C=O) groups excluding carboxylic acids is 2. The van der Waals surface area contributed by atoms with Gasteiger partial charge >= 0.3 is 0 Å². The zero-order chi connectivity index (χ0) is 23.8. The van der Waals surface area contributed by atoms with Crippen molar-refractivity contribution in [1.82, 2.24) is 9.97 Å². The zero-order valence-electron chi connectivity index (χ0n) is 19.0. The third-order valence-electron chi connectivity index (χ3n) is 6.30. The molecule has 0 aliphatic carbocycles. The van der Waals surface area contributed by atoms with E-state index >= 15 is 0 Å². The summed E-state index contributed by atoms with van der Waals surface area (Å²) in [7, 11) is 1.51. The first-order valence-electron chi connectivity index (χ1n) is 11.1. The van der Waals surface area contributed by atoms with Gasteiger partial charge in [0.25, 0.3) is 5.56 Å². The van der Waals surface area contributed by atoms with Crippen LogP contribution in [0.3, 0.4) is 0 Å². The SMILES string of the molecule is COc1ccc(C)cc1NC(=O)[C@@H]1CC(=O)Nc2nc(N3CCc4ccccc4C3)[nH]c(=O)c21. The molecule has 0 radical (unpaired) electrons. The molecular formula is C25H25N5O4. The van der Waals surface area contributed by atoms with Gasteiger partial charge < -0.3 is 20.3 Å². The molecule has 0 bridgehead atoms. The zero-order valence-corrected chi connectivity index (χ0v) is 19.0. The summed E-state index contributed by atoms with van der Waals surface area (Å²) in [5, 5.41) is 5.49. The third kappa shape index (κ3) is 4.00. The Morgan fingerprint density at radius 2 is 1.97 bits per heavy atom. The Kier molecular flexibility index (Phi) is 5.53. The second-order valence-corrected chi connectivity index (χ2v) is 8.59. The van der Waals surface area contributed by atoms with E-state index in [4.69, 9.17) is 4.74 Å². The number of anilines is 3. The van der Waals surface area contributed by atoms with Crippen LogP contribution in [-0.4, -0.2) is 35.4 Å². The van der Waals surface area contributed by atoms with Crippen LogP contribution in [0.1, 0.15) is 34.6 Å². The van der Waals surface area contributed by atoms with Gasteiger partial charge in [-0.05, 0) is 42.2 Å². The van der Waals surface area contributed by atoms with Gasteiger partial charge in [0, 0.05) is 19.5 Å². The van der Waals surface area contributed by atoms with Crippen molar-refractivity contribution in [1.29, 1.82) is 0 Å². The van der Waals surface area contributed by atoms with Gasteiger partial charge in [0.15, 0.2) is 0 Å². The van der Waals surface area contributed by atoms with Gasteiger partial charge in [0.2, 0.25) is 17.8 Å². The number of hydrogen-bond acceptors (Lipinski definition) is 6. The molecule has 0 saturated heterocycles. The van der Waals surface area contributed by atoms with Crippen molar-refractivity contribution in [2.45, 2.75) is 32.2 Å². The molecule has 0 spiro atoms. The molecule has 0 unspecified atom stereocenters. The highest BCUT2D eigenvalue weighted by molar-refractivity contribution is 6.05. The van der Waals surface area contributed by atoms with Crippen molar-refractivity contribution in [2.75, 3.05) is 29.2 Å². The Balaban J connectivity index is 1.45. The molecule has 3 aromatic rings. The van der Waals surface area contributed by atoms with Gasteiger partial charge in [-0.1, -0.05) is 30.3 Å². The summed E-state index contributed by atoms with van der Waals surface area (Å²) < 4.78 is 5.33. The predicted molar refractivity (Wildman–Crippen MR) is 128 cm³/mol. The second kappa shape index (κ2) is 8.66. The Hall–Kier alpha value is -4.14. The number of benzene rings is 2. The molecule has 34 heavy (non-hydrogen) atoms. The molecular weight excluding hydrogens is 434 g/mol. The number of H-pyrrole nitrogens is 1. The maximum Gasteiger partial charge on any atom is 0.258 e. The van der Waals surface area contributed by atoms with E-state index in [-0.39, 0.29) is 23.7 Å². The lowest BCUT2D eigenvalue weighted by atomic mass is 9.92. The highest BCUT2D eigenvalue weighted by atomic mass is 16.5. The molecule has 2 amide bonds. The lowest BCUT2D eigenvalue weighted by molar-refractivity contribution is -0.123. The molecule has 2 aromatic carbocycles. The Bertz CT molecular complexity index is 1350. The Morgan fingerprint density at radius 1 is 1.18 bits per heavy atom. The fourth-order valence-electron chi connectivity index (χ4n) is 4.55. The van der Waals surface area contributed by atoms with Crippen LogP contribution in [0.25, 0.3) is 0 Å². The highest BCUT2D eigenvalue weighted by Gasteiger charge is 2.35. The summed E-state index contributed by atoms with van der Waals surface area (Å²) in [5.41, 5.74) is 3.58. The molecule has 9 heteroatoms. The molecule has 5 rings (SSSR count). The van der Waals surface area contributed by atoms with E-state index in [1.807, 2.05) is 30.0 Å². The topological polar surface area (TPSA) is 116 Å². The Morgan fingerprint density at radius 3 is 2.76 bits per heavy atom. The number of hydrogen-bond donors (Lipinski definition) is 3. The van der Waals surface area contributed by atoms with Crippen molar-refractivity contribution >= 4 is 29.3 Å². The Labute approximate surface area is 196 Å². The van der Waals surface area contributed by atoms with Gasteiger partial charge in [-0.25, -0.2) is 0 Å². The van der Waals surface area contributed by atoms with Crippen molar-refractivity contribution < 1.29 is 14.3 Å². The van der Waals surface area contributed by atoms with Crippen molar-refractivity contribution in [3.05, 3.63) is 75.1 Å². The van der Waals surface area contributed by atoms with Crippen molar-refractivity contribution in [3.8, 4) is 5.75 Å². The fraction of sp³-hybridized carbons (Fsp3) is 0.280. The van der Waals surface area contributed by atoms with E-state index in [1.165, 1.54) is 18.2 Å². The average Bonchev–Trinajstić information content (AvgIpc) is 2.83. The van der Waals surface area contributed by atoms with Gasteiger partial charge in [-0.15, -0.1) is 0 Å². The maximum atomic E-state index is 13.2. The number of aromatic nitrogens is 2. The van der Waals surface area contributed by atoms with Crippen molar-refractivity contribution in [2.24, 2.45) is 0 Å². The normalized spacial score (nSPS) is 16.8. The van der Waals surface area contributed by atoms with E-state index in [1.54, 1.807) is 12.1 Å². The summed E-state index contributed by atoms with van der Waals surface area (Å²) in [5.74, 6) is -0.803. The number of ether oxygens (including phenoxy) is 1. The minimum absolute atomic E-state index is 0.130. The summed E-state index contributed by atoms with van der Waals surface area (Å²) >= 11 is 0. The number of fused-ring (bicyclic) bond motifs is 2. The first-order chi connectivity index (χ1) is 16.4. The van der Waals surface area contributed by atoms with Crippen LogP contribution < -0.4 is 25.8 Å². The molecule has 0 saturated carbocycles. The van der Waals surface area contributed by atoms with Crippen LogP contribution in [0.5, 0.6) is 5.75 Å². The summed E-state index contributed by atoms with van der Waals surface area (Å²) in [6.07, 6.45) is 0.681. The van der Waals surface area contributed by atoms with Crippen molar-refractivity contribution in [3.63, 3.8) is 0 Å². The smallest absolute Gasteiger partial charge is 0.258 e. The van der Waals surface area contributed by atoms with Crippen LogP contribution in [0.2, 0.25) is 0 Å². The number of aromatic amines is 1. The first kappa shape index (κ1) is 21.7. The minimum atomic E-state index is -0.971. The molecule has 1 atom stereocenters.